The molecule has 1 aliphatic rings. The van der Waals surface area contributed by atoms with Crippen LogP contribution in [0.1, 0.15) is 45.4 Å². The second-order valence-corrected chi connectivity index (χ2v) is 5.24. The highest BCUT2D eigenvalue weighted by atomic mass is 15.1. The molecule has 0 heterocycles. The molecule has 2 nitrogen and oxygen atoms in total. The predicted molar refractivity (Wildman–Crippen MR) is 67.2 cm³/mol. The van der Waals surface area contributed by atoms with E-state index in [4.69, 9.17) is 0 Å². The molecule has 1 aliphatic carbocycles. The highest BCUT2D eigenvalue weighted by Gasteiger charge is 2.16. The van der Waals surface area contributed by atoms with Gasteiger partial charge in [0.2, 0.25) is 0 Å². The molecule has 0 spiro atoms. The standard InChI is InChI=1S/C13H28N2/c1-4-12-6-5-7-13(9-8-12)14-10-11-15(2)3/h12-14H,4-11H2,1-3H3. The minimum Gasteiger partial charge on any atom is -0.313 e. The smallest absolute Gasteiger partial charge is 0.0101 e. The number of nitrogens with one attached hydrogen (secondary N) is 1. The van der Waals surface area contributed by atoms with Gasteiger partial charge in [0.25, 0.3) is 0 Å². The molecule has 0 amide bonds. The van der Waals surface area contributed by atoms with Crippen molar-refractivity contribution in [3.05, 3.63) is 0 Å². The Bertz CT molecular complexity index is 157. The Morgan fingerprint density at radius 1 is 1.13 bits per heavy atom. The lowest BCUT2D eigenvalue weighted by atomic mass is 9.98. The molecule has 0 aromatic heterocycles. The van der Waals surface area contributed by atoms with Crippen LogP contribution in [0, 0.1) is 5.92 Å². The van der Waals surface area contributed by atoms with Gasteiger partial charge < -0.3 is 10.2 Å². The van der Waals surface area contributed by atoms with Crippen molar-refractivity contribution >= 4 is 0 Å². The van der Waals surface area contributed by atoms with Crippen molar-refractivity contribution in [2.45, 2.75) is 51.5 Å². The first kappa shape index (κ1) is 13.0. The van der Waals surface area contributed by atoms with E-state index in [0.29, 0.717) is 0 Å². The van der Waals surface area contributed by atoms with Crippen molar-refractivity contribution in [3.8, 4) is 0 Å². The molecule has 2 heteroatoms. The van der Waals surface area contributed by atoms with Gasteiger partial charge in [-0.1, -0.05) is 26.2 Å². The minimum absolute atomic E-state index is 0.793. The molecule has 1 N–H and O–H groups in total. The van der Waals surface area contributed by atoms with Crippen molar-refractivity contribution in [2.24, 2.45) is 5.92 Å². The maximum Gasteiger partial charge on any atom is 0.0101 e. The van der Waals surface area contributed by atoms with Gasteiger partial charge in [-0.05, 0) is 39.3 Å². The molecule has 1 saturated carbocycles. The molecule has 2 atom stereocenters. The van der Waals surface area contributed by atoms with E-state index in [9.17, 15) is 0 Å². The van der Waals surface area contributed by atoms with Crippen LogP contribution in [0.5, 0.6) is 0 Å². The third-order valence-corrected chi connectivity index (χ3v) is 3.66. The molecular formula is C13H28N2. The Morgan fingerprint density at radius 2 is 1.93 bits per heavy atom. The molecule has 0 aliphatic heterocycles. The number of hydrogen-bond donors (Lipinski definition) is 1. The van der Waals surface area contributed by atoms with Crippen LogP contribution in [0.2, 0.25) is 0 Å². The second kappa shape index (κ2) is 7.24. The Morgan fingerprint density at radius 3 is 2.60 bits per heavy atom. The topological polar surface area (TPSA) is 15.3 Å². The van der Waals surface area contributed by atoms with Crippen LogP contribution in [-0.4, -0.2) is 38.1 Å². The zero-order valence-electron chi connectivity index (χ0n) is 10.8. The third-order valence-electron chi connectivity index (χ3n) is 3.66. The van der Waals surface area contributed by atoms with Crippen LogP contribution in [0.15, 0.2) is 0 Å². The summed E-state index contributed by atoms with van der Waals surface area (Å²) < 4.78 is 0. The summed E-state index contributed by atoms with van der Waals surface area (Å²) in [5.74, 6) is 1.01. The van der Waals surface area contributed by atoms with Crippen LogP contribution in [0.25, 0.3) is 0 Å². The second-order valence-electron chi connectivity index (χ2n) is 5.24. The normalized spacial score (nSPS) is 28.0. The predicted octanol–water partition coefficient (Wildman–Crippen LogP) is 2.50. The fourth-order valence-electron chi connectivity index (χ4n) is 2.48. The monoisotopic (exact) mass is 212 g/mol. The Labute approximate surface area is 95.4 Å². The highest BCUT2D eigenvalue weighted by Crippen LogP contribution is 2.25. The first-order valence-corrected chi connectivity index (χ1v) is 6.60. The lowest BCUT2D eigenvalue weighted by Gasteiger charge is -2.18. The molecule has 15 heavy (non-hydrogen) atoms. The average molecular weight is 212 g/mol. The maximum atomic E-state index is 3.70. The van der Waals surface area contributed by atoms with Gasteiger partial charge in [0.1, 0.15) is 0 Å². The lowest BCUT2D eigenvalue weighted by molar-refractivity contribution is 0.368. The van der Waals surface area contributed by atoms with E-state index in [0.717, 1.165) is 25.0 Å². The van der Waals surface area contributed by atoms with E-state index < -0.39 is 0 Å². The van der Waals surface area contributed by atoms with E-state index in [1.807, 2.05) is 0 Å². The molecule has 0 saturated heterocycles. The van der Waals surface area contributed by atoms with Crippen LogP contribution >= 0.6 is 0 Å². The molecule has 1 rings (SSSR count). The van der Waals surface area contributed by atoms with Crippen LogP contribution in [0.3, 0.4) is 0 Å². The van der Waals surface area contributed by atoms with E-state index in [1.165, 1.54) is 38.5 Å². The van der Waals surface area contributed by atoms with Crippen molar-refractivity contribution in [1.82, 2.24) is 10.2 Å². The molecule has 0 aromatic rings. The van der Waals surface area contributed by atoms with Crippen molar-refractivity contribution in [3.63, 3.8) is 0 Å². The quantitative estimate of drug-likeness (QED) is 0.704. The Balaban J connectivity index is 2.14. The van der Waals surface area contributed by atoms with Gasteiger partial charge in [0, 0.05) is 19.1 Å². The lowest BCUT2D eigenvalue weighted by Crippen LogP contribution is -2.34. The first-order chi connectivity index (χ1) is 7.22. The molecule has 1 fully saturated rings. The Hall–Kier alpha value is -0.0800. The molecule has 90 valence electrons. The van der Waals surface area contributed by atoms with E-state index in [-0.39, 0.29) is 0 Å². The molecule has 0 aromatic carbocycles. The largest absolute Gasteiger partial charge is 0.313 e. The van der Waals surface area contributed by atoms with Gasteiger partial charge in [0.15, 0.2) is 0 Å². The summed E-state index contributed by atoms with van der Waals surface area (Å²) >= 11 is 0. The summed E-state index contributed by atoms with van der Waals surface area (Å²) in [6.45, 7) is 4.65. The summed E-state index contributed by atoms with van der Waals surface area (Å²) in [7, 11) is 4.28. The highest BCUT2D eigenvalue weighted by molar-refractivity contribution is 4.74. The summed E-state index contributed by atoms with van der Waals surface area (Å²) in [4.78, 5) is 2.25. The number of rotatable bonds is 5. The van der Waals surface area contributed by atoms with Gasteiger partial charge in [-0.2, -0.15) is 0 Å². The fraction of sp³-hybridized carbons (Fsp3) is 1.00. The summed E-state index contributed by atoms with van der Waals surface area (Å²) in [6.07, 6.45) is 8.50. The zero-order chi connectivity index (χ0) is 11.1. The van der Waals surface area contributed by atoms with Crippen LogP contribution in [-0.2, 0) is 0 Å². The van der Waals surface area contributed by atoms with Crippen LogP contribution < -0.4 is 5.32 Å². The number of likely N-dealkylation sites (N-methyl/N-ethyl adjacent to an activating group) is 1. The maximum absolute atomic E-state index is 3.70. The van der Waals surface area contributed by atoms with Gasteiger partial charge >= 0.3 is 0 Å². The van der Waals surface area contributed by atoms with Gasteiger partial charge in [-0.3, -0.25) is 0 Å². The van der Waals surface area contributed by atoms with Gasteiger partial charge in [-0.15, -0.1) is 0 Å². The molecule has 2 unspecified atom stereocenters. The fourth-order valence-corrected chi connectivity index (χ4v) is 2.48. The molecule has 0 radical (unpaired) electrons. The Kier molecular flexibility index (Phi) is 6.26. The molecular weight excluding hydrogens is 184 g/mol. The van der Waals surface area contributed by atoms with Gasteiger partial charge in [0.05, 0.1) is 0 Å². The SMILES string of the molecule is CCC1CCCC(NCCN(C)C)CC1. The number of hydrogen-bond acceptors (Lipinski definition) is 2. The first-order valence-electron chi connectivity index (χ1n) is 6.60. The summed E-state index contributed by atoms with van der Waals surface area (Å²) in [5, 5.41) is 3.70. The zero-order valence-corrected chi connectivity index (χ0v) is 10.8. The van der Waals surface area contributed by atoms with E-state index in [2.05, 4.69) is 31.2 Å². The van der Waals surface area contributed by atoms with Crippen molar-refractivity contribution < 1.29 is 0 Å². The summed E-state index contributed by atoms with van der Waals surface area (Å²) in [5.41, 5.74) is 0. The molecule has 0 bridgehead atoms. The van der Waals surface area contributed by atoms with E-state index >= 15 is 0 Å². The minimum atomic E-state index is 0.793. The number of nitrogens with zero attached hydrogens (tertiary/aromatic N) is 1. The van der Waals surface area contributed by atoms with Crippen molar-refractivity contribution in [2.75, 3.05) is 27.2 Å². The summed E-state index contributed by atoms with van der Waals surface area (Å²) in [6, 6.07) is 0.793. The van der Waals surface area contributed by atoms with Gasteiger partial charge in [-0.25, -0.2) is 0 Å². The van der Waals surface area contributed by atoms with Crippen molar-refractivity contribution in [1.29, 1.82) is 0 Å². The third kappa shape index (κ3) is 5.53. The van der Waals surface area contributed by atoms with E-state index in [1.54, 1.807) is 0 Å². The van der Waals surface area contributed by atoms with Crippen LogP contribution in [0.4, 0.5) is 0 Å². The average Bonchev–Trinajstić information content (AvgIpc) is 2.42.